The normalized spacial score (nSPS) is 21.0. The summed E-state index contributed by atoms with van der Waals surface area (Å²) in [5, 5.41) is 11.0. The van der Waals surface area contributed by atoms with Gasteiger partial charge in [0.2, 0.25) is 0 Å². The van der Waals surface area contributed by atoms with Gasteiger partial charge in [0.15, 0.2) is 0 Å². The molecule has 1 aliphatic heterocycles. The van der Waals surface area contributed by atoms with Gasteiger partial charge >= 0.3 is 0 Å². The highest BCUT2D eigenvalue weighted by Gasteiger charge is 2.23. The molecule has 2 atom stereocenters. The fourth-order valence-electron chi connectivity index (χ4n) is 2.02. The van der Waals surface area contributed by atoms with Crippen molar-refractivity contribution in [2.24, 2.45) is 0 Å². The van der Waals surface area contributed by atoms with E-state index in [0.717, 1.165) is 19.3 Å². The van der Waals surface area contributed by atoms with Gasteiger partial charge in [-0.05, 0) is 31.4 Å². The molecular formula is C12H14BrNO4S. The summed E-state index contributed by atoms with van der Waals surface area (Å²) < 4.78 is 18.4. The maximum Gasteiger partial charge on any atom is 0.286 e. The molecule has 1 aromatic carbocycles. The third-order valence-electron chi connectivity index (χ3n) is 2.97. The number of nitro groups is 1. The van der Waals surface area contributed by atoms with Crippen LogP contribution in [0.4, 0.5) is 5.69 Å². The van der Waals surface area contributed by atoms with E-state index in [1.54, 1.807) is 12.1 Å². The van der Waals surface area contributed by atoms with E-state index in [2.05, 4.69) is 15.9 Å². The van der Waals surface area contributed by atoms with Gasteiger partial charge in [-0.2, -0.15) is 0 Å². The first-order valence-electron chi connectivity index (χ1n) is 6.02. The largest absolute Gasteiger partial charge is 0.377 e. The smallest absolute Gasteiger partial charge is 0.286 e. The fourth-order valence-corrected chi connectivity index (χ4v) is 3.74. The number of nitro benzene ring substituents is 1. The maximum atomic E-state index is 12.3. The van der Waals surface area contributed by atoms with Gasteiger partial charge in [0.25, 0.3) is 5.69 Å². The van der Waals surface area contributed by atoms with Gasteiger partial charge in [0, 0.05) is 17.1 Å². The van der Waals surface area contributed by atoms with Crippen LogP contribution in [0.2, 0.25) is 0 Å². The summed E-state index contributed by atoms with van der Waals surface area (Å²) in [5.41, 5.74) is -0.108. The molecule has 0 spiro atoms. The Morgan fingerprint density at radius 2 is 2.26 bits per heavy atom. The number of benzene rings is 1. The van der Waals surface area contributed by atoms with E-state index in [4.69, 9.17) is 4.74 Å². The molecule has 0 bridgehead atoms. The molecule has 19 heavy (non-hydrogen) atoms. The van der Waals surface area contributed by atoms with Crippen LogP contribution in [-0.2, 0) is 15.5 Å². The van der Waals surface area contributed by atoms with Crippen LogP contribution < -0.4 is 0 Å². The Bertz CT molecular complexity index is 503. The van der Waals surface area contributed by atoms with E-state index < -0.39 is 15.7 Å². The lowest BCUT2D eigenvalue weighted by Gasteiger charge is -2.21. The molecular weight excluding hydrogens is 334 g/mol. The number of rotatable bonds is 4. The average Bonchev–Trinajstić information content (AvgIpc) is 2.39. The summed E-state index contributed by atoms with van der Waals surface area (Å²) in [5.74, 6) is 0.322. The molecule has 0 aliphatic carbocycles. The highest BCUT2D eigenvalue weighted by atomic mass is 79.9. The lowest BCUT2D eigenvalue weighted by molar-refractivity contribution is -0.387. The summed E-state index contributed by atoms with van der Waals surface area (Å²) in [6.07, 6.45) is 2.90. The molecule has 1 aliphatic rings. The highest BCUT2D eigenvalue weighted by Crippen LogP contribution is 2.27. The van der Waals surface area contributed by atoms with Crippen LogP contribution in [0.1, 0.15) is 19.3 Å². The Morgan fingerprint density at radius 1 is 1.47 bits per heavy atom. The maximum absolute atomic E-state index is 12.3. The third-order valence-corrected chi connectivity index (χ3v) is 4.98. The van der Waals surface area contributed by atoms with Crippen molar-refractivity contribution in [3.8, 4) is 0 Å². The molecule has 104 valence electrons. The zero-order valence-electron chi connectivity index (χ0n) is 10.2. The molecule has 0 N–H and O–H groups in total. The first-order valence-corrected chi connectivity index (χ1v) is 8.13. The second-order valence-corrected chi connectivity index (χ2v) is 6.75. The first kappa shape index (κ1) is 14.6. The number of hydrogen-bond donors (Lipinski definition) is 0. The molecule has 0 aromatic heterocycles. The number of hydrogen-bond acceptors (Lipinski definition) is 4. The van der Waals surface area contributed by atoms with Gasteiger partial charge in [0.05, 0.1) is 27.6 Å². The predicted octanol–water partition coefficient (Wildman–Crippen LogP) is 3.03. The Hall–Kier alpha value is -0.790. The SMILES string of the molecule is O=[N+]([O-])c1cc(Br)ccc1[S@](=O)C[C@@H]1CCCCO1. The van der Waals surface area contributed by atoms with E-state index in [-0.39, 0.29) is 16.7 Å². The second-order valence-electron chi connectivity index (χ2n) is 4.37. The third kappa shape index (κ3) is 3.84. The quantitative estimate of drug-likeness (QED) is 0.620. The Morgan fingerprint density at radius 3 is 2.89 bits per heavy atom. The average molecular weight is 348 g/mol. The number of halogens is 1. The van der Waals surface area contributed by atoms with E-state index in [0.29, 0.717) is 16.8 Å². The van der Waals surface area contributed by atoms with Crippen molar-refractivity contribution in [3.05, 3.63) is 32.8 Å². The van der Waals surface area contributed by atoms with Crippen molar-refractivity contribution < 1.29 is 13.9 Å². The van der Waals surface area contributed by atoms with Crippen molar-refractivity contribution in [1.82, 2.24) is 0 Å². The van der Waals surface area contributed by atoms with Crippen LogP contribution in [-0.4, -0.2) is 27.6 Å². The van der Waals surface area contributed by atoms with Crippen LogP contribution in [0.25, 0.3) is 0 Å². The minimum atomic E-state index is -1.41. The van der Waals surface area contributed by atoms with E-state index in [9.17, 15) is 14.3 Å². The van der Waals surface area contributed by atoms with Gasteiger partial charge < -0.3 is 4.74 Å². The molecule has 0 unspecified atom stereocenters. The standard InChI is InChI=1S/C12H14BrNO4S/c13-9-4-5-12(11(7-9)14(15)16)19(17)8-10-3-1-2-6-18-10/h4-5,7,10H,1-3,6,8H2/t10-,19+/m0/s1. The Labute approximate surface area is 122 Å². The second kappa shape index (κ2) is 6.58. The molecule has 1 heterocycles. The monoisotopic (exact) mass is 347 g/mol. The molecule has 0 amide bonds. The van der Waals surface area contributed by atoms with Gasteiger partial charge in [-0.15, -0.1) is 0 Å². The van der Waals surface area contributed by atoms with Crippen molar-refractivity contribution in [2.45, 2.75) is 30.3 Å². The van der Waals surface area contributed by atoms with Crippen LogP contribution in [0.5, 0.6) is 0 Å². The Balaban J connectivity index is 2.16. The van der Waals surface area contributed by atoms with Gasteiger partial charge in [-0.1, -0.05) is 15.9 Å². The van der Waals surface area contributed by atoms with Crippen molar-refractivity contribution in [2.75, 3.05) is 12.4 Å². The van der Waals surface area contributed by atoms with Gasteiger partial charge in [0.1, 0.15) is 4.90 Å². The summed E-state index contributed by atoms with van der Waals surface area (Å²) >= 11 is 3.18. The van der Waals surface area contributed by atoms with Crippen molar-refractivity contribution >= 4 is 32.4 Å². The van der Waals surface area contributed by atoms with Crippen LogP contribution in [0.3, 0.4) is 0 Å². The molecule has 1 aromatic rings. The van der Waals surface area contributed by atoms with Gasteiger partial charge in [-0.25, -0.2) is 0 Å². The minimum absolute atomic E-state index is 0.0576. The first-order chi connectivity index (χ1) is 9.08. The summed E-state index contributed by atoms with van der Waals surface area (Å²) in [6.45, 7) is 0.685. The number of nitrogens with zero attached hydrogens (tertiary/aromatic N) is 1. The van der Waals surface area contributed by atoms with Crippen LogP contribution >= 0.6 is 15.9 Å². The molecule has 7 heteroatoms. The summed E-state index contributed by atoms with van der Waals surface area (Å²) in [7, 11) is -1.41. The van der Waals surface area contributed by atoms with Crippen molar-refractivity contribution in [3.63, 3.8) is 0 Å². The van der Waals surface area contributed by atoms with E-state index >= 15 is 0 Å². The molecule has 5 nitrogen and oxygen atoms in total. The van der Waals surface area contributed by atoms with Crippen molar-refractivity contribution in [1.29, 1.82) is 0 Å². The number of ether oxygens (including phenoxy) is 1. The van der Waals surface area contributed by atoms with E-state index in [1.165, 1.54) is 6.07 Å². The topological polar surface area (TPSA) is 69.4 Å². The van der Waals surface area contributed by atoms with Crippen LogP contribution in [0, 0.1) is 10.1 Å². The predicted molar refractivity (Wildman–Crippen MR) is 75.7 cm³/mol. The Kier molecular flexibility index (Phi) is 5.06. The zero-order chi connectivity index (χ0) is 13.8. The molecule has 1 saturated heterocycles. The fraction of sp³-hybridized carbons (Fsp3) is 0.500. The van der Waals surface area contributed by atoms with E-state index in [1.807, 2.05) is 0 Å². The zero-order valence-corrected chi connectivity index (χ0v) is 12.6. The molecule has 2 rings (SSSR count). The summed E-state index contributed by atoms with van der Waals surface area (Å²) in [6, 6.07) is 4.60. The lowest BCUT2D eigenvalue weighted by Crippen LogP contribution is -2.25. The molecule has 0 saturated carbocycles. The van der Waals surface area contributed by atoms with Gasteiger partial charge in [-0.3, -0.25) is 14.3 Å². The molecule has 1 fully saturated rings. The molecule has 0 radical (unpaired) electrons. The minimum Gasteiger partial charge on any atom is -0.377 e. The highest BCUT2D eigenvalue weighted by molar-refractivity contribution is 9.10. The summed E-state index contributed by atoms with van der Waals surface area (Å²) in [4.78, 5) is 10.8. The van der Waals surface area contributed by atoms with Crippen LogP contribution in [0.15, 0.2) is 27.6 Å². The lowest BCUT2D eigenvalue weighted by atomic mass is 10.1.